The number of nitrogens with one attached hydrogen (secondary N) is 1. The second-order valence-corrected chi connectivity index (χ2v) is 7.62. The molecule has 0 fully saturated rings. The lowest BCUT2D eigenvalue weighted by Crippen LogP contribution is -2.18. The van der Waals surface area contributed by atoms with E-state index in [1.165, 1.54) is 4.88 Å². The van der Waals surface area contributed by atoms with Crippen LogP contribution in [0.5, 0.6) is 0 Å². The quantitative estimate of drug-likeness (QED) is 0.827. The molecule has 1 aromatic rings. The minimum Gasteiger partial charge on any atom is -0.459 e. The maximum atomic E-state index is 12.4. The summed E-state index contributed by atoms with van der Waals surface area (Å²) in [5.41, 5.74) is 1.67. The number of thiophene rings is 1. The lowest BCUT2D eigenvalue weighted by atomic mass is 9.95. The fourth-order valence-electron chi connectivity index (χ4n) is 2.69. The number of esters is 1. The van der Waals surface area contributed by atoms with Crippen molar-refractivity contribution in [2.75, 3.05) is 5.32 Å². The van der Waals surface area contributed by atoms with Gasteiger partial charge in [0.15, 0.2) is 0 Å². The molecule has 2 rings (SSSR count). The smallest absolute Gasteiger partial charge is 0.341 e. The minimum absolute atomic E-state index is 0.0350. The Morgan fingerprint density at radius 2 is 1.86 bits per heavy atom. The highest BCUT2D eigenvalue weighted by Crippen LogP contribution is 2.38. The molecule has 0 radical (unpaired) electrons. The Kier molecular flexibility index (Phi) is 5.62. The number of carbonyl (C=O) groups is 2. The Hall–Kier alpha value is -1.36. The molecule has 0 saturated carbocycles. The van der Waals surface area contributed by atoms with Crippen LogP contribution in [0.2, 0.25) is 0 Å². The van der Waals surface area contributed by atoms with Gasteiger partial charge in [-0.2, -0.15) is 0 Å². The predicted molar refractivity (Wildman–Crippen MR) is 89.6 cm³/mol. The van der Waals surface area contributed by atoms with Gasteiger partial charge in [-0.3, -0.25) is 4.79 Å². The summed E-state index contributed by atoms with van der Waals surface area (Å²) in [5.74, 6) is -0.0536. The highest BCUT2D eigenvalue weighted by atomic mass is 32.1. The van der Waals surface area contributed by atoms with Gasteiger partial charge in [0.1, 0.15) is 5.00 Å². The fraction of sp³-hybridized carbons (Fsp3) is 0.647. The van der Waals surface area contributed by atoms with Gasteiger partial charge in [0.05, 0.1) is 11.7 Å². The van der Waals surface area contributed by atoms with E-state index in [0.717, 1.165) is 31.2 Å². The first-order valence-electron chi connectivity index (χ1n) is 8.03. The molecule has 1 aromatic heterocycles. The van der Waals surface area contributed by atoms with Crippen LogP contribution < -0.4 is 5.32 Å². The molecule has 4 nitrogen and oxygen atoms in total. The number of hydrogen-bond acceptors (Lipinski definition) is 4. The number of hydrogen-bond donors (Lipinski definition) is 1. The number of carbonyl (C=O) groups excluding carboxylic acids is 2. The van der Waals surface area contributed by atoms with Gasteiger partial charge < -0.3 is 10.1 Å². The van der Waals surface area contributed by atoms with E-state index in [0.29, 0.717) is 22.9 Å². The van der Waals surface area contributed by atoms with Crippen molar-refractivity contribution < 1.29 is 14.3 Å². The van der Waals surface area contributed by atoms with E-state index in [9.17, 15) is 9.59 Å². The molecule has 0 unspecified atom stereocenters. The highest BCUT2D eigenvalue weighted by molar-refractivity contribution is 7.17. The normalized spacial score (nSPS) is 14.1. The molecule has 1 heterocycles. The number of ether oxygens (including phenoxy) is 1. The molecule has 1 aliphatic carbocycles. The summed E-state index contributed by atoms with van der Waals surface area (Å²) in [6.07, 6.45) is 4.42. The van der Waals surface area contributed by atoms with Gasteiger partial charge in [-0.15, -0.1) is 11.3 Å². The molecule has 0 aromatic carbocycles. The summed E-state index contributed by atoms with van der Waals surface area (Å²) < 4.78 is 5.38. The van der Waals surface area contributed by atoms with E-state index in [-0.39, 0.29) is 18.0 Å². The molecule has 0 saturated heterocycles. The monoisotopic (exact) mass is 323 g/mol. The van der Waals surface area contributed by atoms with Gasteiger partial charge in [0, 0.05) is 11.3 Å². The molecular formula is C17H25NO3S. The lowest BCUT2D eigenvalue weighted by molar-refractivity contribution is -0.116. The number of fused-ring (bicyclic) bond motifs is 1. The molecule has 0 spiro atoms. The summed E-state index contributed by atoms with van der Waals surface area (Å²) in [5, 5.41) is 3.60. The second kappa shape index (κ2) is 7.27. The van der Waals surface area contributed by atoms with Gasteiger partial charge in [-0.05, 0) is 51.0 Å². The van der Waals surface area contributed by atoms with Crippen LogP contribution in [-0.2, 0) is 22.4 Å². The third kappa shape index (κ3) is 4.09. The van der Waals surface area contributed by atoms with Crippen molar-refractivity contribution in [1.29, 1.82) is 0 Å². The maximum absolute atomic E-state index is 12.4. The van der Waals surface area contributed by atoms with Crippen LogP contribution in [-0.4, -0.2) is 18.0 Å². The van der Waals surface area contributed by atoms with E-state index >= 15 is 0 Å². The van der Waals surface area contributed by atoms with Crippen LogP contribution in [0.4, 0.5) is 5.00 Å². The Morgan fingerprint density at radius 3 is 2.50 bits per heavy atom. The van der Waals surface area contributed by atoms with Crippen molar-refractivity contribution >= 4 is 28.2 Å². The Balaban J connectivity index is 2.29. The van der Waals surface area contributed by atoms with Crippen LogP contribution >= 0.6 is 11.3 Å². The minimum atomic E-state index is -0.311. The third-order valence-corrected chi connectivity index (χ3v) is 4.77. The van der Waals surface area contributed by atoms with Crippen molar-refractivity contribution in [3.05, 3.63) is 16.0 Å². The predicted octanol–water partition coefficient (Wildman–Crippen LogP) is 4.18. The van der Waals surface area contributed by atoms with Crippen molar-refractivity contribution in [2.45, 2.75) is 65.9 Å². The van der Waals surface area contributed by atoms with Crippen LogP contribution in [0, 0.1) is 5.92 Å². The summed E-state index contributed by atoms with van der Waals surface area (Å²) >= 11 is 1.54. The van der Waals surface area contributed by atoms with Gasteiger partial charge >= 0.3 is 5.97 Å². The molecule has 22 heavy (non-hydrogen) atoms. The fourth-order valence-corrected chi connectivity index (χ4v) is 3.98. The van der Waals surface area contributed by atoms with Crippen LogP contribution in [0.15, 0.2) is 0 Å². The van der Waals surface area contributed by atoms with Crippen molar-refractivity contribution in [3.8, 4) is 0 Å². The average Bonchev–Trinajstić information content (AvgIpc) is 2.74. The van der Waals surface area contributed by atoms with Crippen molar-refractivity contribution in [1.82, 2.24) is 0 Å². The van der Waals surface area contributed by atoms with Gasteiger partial charge in [0.2, 0.25) is 5.91 Å². The standard InChI is InChI=1S/C17H25NO3S/c1-10(2)9-14(19)18-16-15(17(20)21-11(3)4)12-7-5-6-8-13(12)22-16/h10-11H,5-9H2,1-4H3,(H,18,19). The number of aryl methyl sites for hydroxylation is 1. The molecule has 5 heteroatoms. The number of rotatable bonds is 5. The van der Waals surface area contributed by atoms with E-state index in [2.05, 4.69) is 5.32 Å². The van der Waals surface area contributed by atoms with Gasteiger partial charge in [0.25, 0.3) is 0 Å². The topological polar surface area (TPSA) is 55.4 Å². The second-order valence-electron chi connectivity index (χ2n) is 6.52. The zero-order valence-corrected chi connectivity index (χ0v) is 14.6. The molecule has 1 N–H and O–H groups in total. The first kappa shape index (κ1) is 17.0. The van der Waals surface area contributed by atoms with Gasteiger partial charge in [-0.25, -0.2) is 4.79 Å². The lowest BCUT2D eigenvalue weighted by Gasteiger charge is -2.14. The summed E-state index contributed by atoms with van der Waals surface area (Å²) in [6, 6.07) is 0. The Morgan fingerprint density at radius 1 is 1.18 bits per heavy atom. The molecule has 0 bridgehead atoms. The van der Waals surface area contributed by atoms with Crippen molar-refractivity contribution in [2.24, 2.45) is 5.92 Å². The van der Waals surface area contributed by atoms with Crippen molar-refractivity contribution in [3.63, 3.8) is 0 Å². The Labute approximate surface area is 136 Å². The van der Waals surface area contributed by atoms with E-state index < -0.39 is 0 Å². The van der Waals surface area contributed by atoms with Crippen LogP contribution in [0.25, 0.3) is 0 Å². The molecule has 1 aliphatic rings. The first-order chi connectivity index (χ1) is 10.4. The first-order valence-corrected chi connectivity index (χ1v) is 8.85. The molecule has 1 amide bonds. The average molecular weight is 323 g/mol. The summed E-state index contributed by atoms with van der Waals surface area (Å²) in [6.45, 7) is 7.70. The van der Waals surface area contributed by atoms with E-state index in [1.54, 1.807) is 11.3 Å². The number of anilines is 1. The largest absolute Gasteiger partial charge is 0.459 e. The molecule has 0 aliphatic heterocycles. The van der Waals surface area contributed by atoms with E-state index in [4.69, 9.17) is 4.74 Å². The maximum Gasteiger partial charge on any atom is 0.341 e. The van der Waals surface area contributed by atoms with Crippen LogP contribution in [0.3, 0.4) is 0 Å². The SMILES string of the molecule is CC(C)CC(=O)Nc1sc2c(c1C(=O)OC(C)C)CCCC2. The highest BCUT2D eigenvalue weighted by Gasteiger charge is 2.27. The summed E-state index contributed by atoms with van der Waals surface area (Å²) in [4.78, 5) is 25.7. The molecular weight excluding hydrogens is 298 g/mol. The van der Waals surface area contributed by atoms with Gasteiger partial charge in [-0.1, -0.05) is 13.8 Å². The molecule has 0 atom stereocenters. The summed E-state index contributed by atoms with van der Waals surface area (Å²) in [7, 11) is 0. The zero-order chi connectivity index (χ0) is 16.3. The number of amides is 1. The third-order valence-electron chi connectivity index (χ3n) is 3.56. The van der Waals surface area contributed by atoms with Crippen LogP contribution in [0.1, 0.15) is 67.8 Å². The zero-order valence-electron chi connectivity index (χ0n) is 13.8. The van der Waals surface area contributed by atoms with E-state index in [1.807, 2.05) is 27.7 Å². The molecule has 122 valence electrons. The Bertz CT molecular complexity index is 560.